The smallest absolute Gasteiger partial charge is 0.490 e. The topological polar surface area (TPSA) is 211 Å². The number of nitrogens with one attached hydrogen (secondary N) is 5. The number of carbonyl (C=O) groups excluding carboxylic acids is 7. The maximum absolute atomic E-state index is 13.2. The van der Waals surface area contributed by atoms with Crippen molar-refractivity contribution in [2.45, 2.75) is 88.8 Å². The lowest BCUT2D eigenvalue weighted by Crippen LogP contribution is -2.54. The Morgan fingerprint density at radius 1 is 0.770 bits per heavy atom. The van der Waals surface area contributed by atoms with E-state index in [1.54, 1.807) is 24.3 Å². The average Bonchev–Trinajstić information content (AvgIpc) is 3.48. The lowest BCUT2D eigenvalue weighted by atomic mass is 9.93. The molecular weight excluding hydrogens is 805 g/mol. The SMILES string of the molecule is O=C(COc1cccc2c1C(=O)N(C1CCC(=O)NC1=O)C2=O)NCCCCCCNC(=O)c1ccc(OC2CCC(NC(=O)Nc3ccc(OC(F)(F)F)cc3)CC2)cc1. The van der Waals surface area contributed by atoms with Crippen LogP contribution >= 0.6 is 0 Å². The van der Waals surface area contributed by atoms with Gasteiger partial charge in [0.15, 0.2) is 6.61 Å². The van der Waals surface area contributed by atoms with Crippen LogP contribution in [0.25, 0.3) is 0 Å². The largest absolute Gasteiger partial charge is 0.573 e. The lowest BCUT2D eigenvalue weighted by Gasteiger charge is -2.29. The summed E-state index contributed by atoms with van der Waals surface area (Å²) in [7, 11) is 0. The van der Waals surface area contributed by atoms with Crippen LogP contribution in [0.2, 0.25) is 0 Å². The van der Waals surface area contributed by atoms with Crippen molar-refractivity contribution in [3.63, 3.8) is 0 Å². The summed E-state index contributed by atoms with van der Waals surface area (Å²) in [4.78, 5) is 88.4. The molecule has 1 aliphatic carbocycles. The molecule has 6 rings (SSSR count). The summed E-state index contributed by atoms with van der Waals surface area (Å²) >= 11 is 0. The Hall–Kier alpha value is -6.66. The number of alkyl halides is 3. The molecule has 0 spiro atoms. The van der Waals surface area contributed by atoms with Crippen LogP contribution in [-0.2, 0) is 14.4 Å². The van der Waals surface area contributed by atoms with Crippen molar-refractivity contribution in [3.8, 4) is 17.2 Å². The van der Waals surface area contributed by atoms with Crippen LogP contribution in [0.4, 0.5) is 23.7 Å². The summed E-state index contributed by atoms with van der Waals surface area (Å²) in [6, 6.07) is 14.5. The van der Waals surface area contributed by atoms with Crippen molar-refractivity contribution in [2.24, 2.45) is 0 Å². The molecule has 1 saturated heterocycles. The number of halogens is 3. The second-order valence-electron chi connectivity index (χ2n) is 14.7. The summed E-state index contributed by atoms with van der Waals surface area (Å²) in [6.45, 7) is 0.467. The van der Waals surface area contributed by atoms with E-state index in [1.165, 1.54) is 30.3 Å². The number of carbonyl (C=O) groups is 7. The molecule has 0 aromatic heterocycles. The number of urea groups is 1. The van der Waals surface area contributed by atoms with Gasteiger partial charge in [0.05, 0.1) is 17.2 Å². The Balaban J connectivity index is 0.802. The second-order valence-corrected chi connectivity index (χ2v) is 14.7. The van der Waals surface area contributed by atoms with Gasteiger partial charge in [0.2, 0.25) is 11.8 Å². The van der Waals surface area contributed by atoms with Gasteiger partial charge in [-0.05, 0) is 106 Å². The third kappa shape index (κ3) is 12.2. The Morgan fingerprint density at radius 3 is 2.11 bits per heavy atom. The summed E-state index contributed by atoms with van der Waals surface area (Å²) in [5.74, 6) is -2.94. The number of amides is 8. The highest BCUT2D eigenvalue weighted by Gasteiger charge is 2.46. The predicted octanol–water partition coefficient (Wildman–Crippen LogP) is 4.98. The molecule has 2 aliphatic heterocycles. The first-order valence-electron chi connectivity index (χ1n) is 20.0. The number of benzene rings is 3. The van der Waals surface area contributed by atoms with E-state index in [2.05, 4.69) is 31.3 Å². The third-order valence-corrected chi connectivity index (χ3v) is 10.3. The van der Waals surface area contributed by atoms with E-state index in [4.69, 9.17) is 9.47 Å². The number of piperidine rings is 1. The fourth-order valence-electron chi connectivity index (χ4n) is 7.23. The summed E-state index contributed by atoms with van der Waals surface area (Å²) in [5.41, 5.74) is 0.833. The minimum atomic E-state index is -4.80. The summed E-state index contributed by atoms with van der Waals surface area (Å²) in [6.07, 6.45) is 0.916. The Bertz CT molecular complexity index is 2110. The molecule has 324 valence electrons. The summed E-state index contributed by atoms with van der Waals surface area (Å²) < 4.78 is 52.6. The fraction of sp³-hybridized carbons (Fsp3) is 0.405. The maximum Gasteiger partial charge on any atom is 0.573 e. The minimum Gasteiger partial charge on any atom is -0.490 e. The van der Waals surface area contributed by atoms with Crippen molar-refractivity contribution in [2.75, 3.05) is 25.0 Å². The highest BCUT2D eigenvalue weighted by atomic mass is 19.4. The van der Waals surface area contributed by atoms with E-state index in [-0.39, 0.29) is 53.5 Å². The van der Waals surface area contributed by atoms with Crippen LogP contribution in [0.5, 0.6) is 17.2 Å². The standard InChI is InChI=1S/C42H45F3N6O10/c43-42(44,45)61-30-18-12-27(13-19-30)49-41(58)48-26-10-16-29(17-11-26)60-28-14-8-25(9-15-28)37(54)47-23-4-2-1-3-22-46-35(53)24-59-33-7-5-6-31-36(33)40(57)51(39(31)56)32-20-21-34(52)50-38(32)55/h5-9,12-15,18-19,26,29,32H,1-4,10-11,16-17,20-24H2,(H,46,53)(H,47,54)(H2,48,49,58)(H,50,52,55). The zero-order valence-electron chi connectivity index (χ0n) is 32.9. The molecule has 2 fully saturated rings. The van der Waals surface area contributed by atoms with Crippen molar-refractivity contribution in [1.82, 2.24) is 26.2 Å². The van der Waals surface area contributed by atoms with Crippen LogP contribution in [0.3, 0.4) is 0 Å². The van der Waals surface area contributed by atoms with E-state index < -0.39 is 54.6 Å². The Kier molecular flexibility index (Phi) is 14.4. The number of unbranched alkanes of at least 4 members (excludes halogenated alkanes) is 3. The number of rotatable bonds is 17. The van der Waals surface area contributed by atoms with Crippen molar-refractivity contribution < 1.29 is 60.9 Å². The van der Waals surface area contributed by atoms with Crippen LogP contribution in [0, 0.1) is 0 Å². The van der Waals surface area contributed by atoms with Crippen LogP contribution in [-0.4, -0.2) is 90.6 Å². The molecule has 2 heterocycles. The first-order valence-corrected chi connectivity index (χ1v) is 20.0. The molecule has 8 amide bonds. The number of imide groups is 2. The predicted molar refractivity (Wildman–Crippen MR) is 211 cm³/mol. The van der Waals surface area contributed by atoms with E-state index in [0.29, 0.717) is 62.2 Å². The van der Waals surface area contributed by atoms with Crippen molar-refractivity contribution in [3.05, 3.63) is 83.4 Å². The summed E-state index contributed by atoms with van der Waals surface area (Å²) in [5, 5.41) is 13.3. The molecule has 1 atom stereocenters. The molecule has 0 bridgehead atoms. The number of ether oxygens (including phenoxy) is 3. The van der Waals surface area contributed by atoms with Gasteiger partial charge in [-0.2, -0.15) is 0 Å². The van der Waals surface area contributed by atoms with Crippen molar-refractivity contribution in [1.29, 1.82) is 0 Å². The Labute approximate surface area is 348 Å². The van der Waals surface area contributed by atoms with Crippen LogP contribution < -0.4 is 40.8 Å². The monoisotopic (exact) mass is 850 g/mol. The quantitative estimate of drug-likeness (QED) is 0.0908. The van der Waals surface area contributed by atoms with Gasteiger partial charge in [-0.1, -0.05) is 18.9 Å². The molecule has 16 nitrogen and oxygen atoms in total. The van der Waals surface area contributed by atoms with E-state index in [0.717, 1.165) is 36.3 Å². The lowest BCUT2D eigenvalue weighted by molar-refractivity contribution is -0.274. The van der Waals surface area contributed by atoms with Crippen LogP contribution in [0.15, 0.2) is 66.7 Å². The molecule has 3 aliphatic rings. The number of hydrogen-bond acceptors (Lipinski definition) is 10. The molecule has 3 aromatic carbocycles. The molecule has 19 heteroatoms. The molecule has 5 N–H and O–H groups in total. The second kappa shape index (κ2) is 20.1. The number of fused-ring (bicyclic) bond motifs is 1. The molecule has 0 radical (unpaired) electrons. The maximum atomic E-state index is 13.2. The van der Waals surface area contributed by atoms with Gasteiger partial charge in [0.1, 0.15) is 23.3 Å². The molecule has 1 unspecified atom stereocenters. The van der Waals surface area contributed by atoms with E-state index >= 15 is 0 Å². The van der Waals surface area contributed by atoms with Gasteiger partial charge in [0, 0.05) is 36.8 Å². The number of nitrogens with zero attached hydrogens (tertiary/aromatic N) is 1. The zero-order chi connectivity index (χ0) is 43.5. The molecule has 3 aromatic rings. The normalized spacial score (nSPS) is 18.7. The molecular formula is C42H45F3N6O10. The van der Waals surface area contributed by atoms with Crippen molar-refractivity contribution >= 4 is 47.2 Å². The number of anilines is 1. The van der Waals surface area contributed by atoms with Gasteiger partial charge in [-0.3, -0.25) is 39.0 Å². The van der Waals surface area contributed by atoms with Crippen LogP contribution in [0.1, 0.15) is 95.3 Å². The van der Waals surface area contributed by atoms with Gasteiger partial charge in [-0.25, -0.2) is 4.79 Å². The molecule has 61 heavy (non-hydrogen) atoms. The zero-order valence-corrected chi connectivity index (χ0v) is 32.9. The number of hydrogen-bond donors (Lipinski definition) is 5. The fourth-order valence-corrected chi connectivity index (χ4v) is 7.23. The van der Waals surface area contributed by atoms with E-state index in [1.807, 2.05) is 0 Å². The minimum absolute atomic E-state index is 0.00149. The van der Waals surface area contributed by atoms with Gasteiger partial charge >= 0.3 is 12.4 Å². The highest BCUT2D eigenvalue weighted by Crippen LogP contribution is 2.34. The Morgan fingerprint density at radius 2 is 1.44 bits per heavy atom. The first-order chi connectivity index (χ1) is 29.2. The average molecular weight is 851 g/mol. The van der Waals surface area contributed by atoms with Gasteiger partial charge < -0.3 is 35.5 Å². The van der Waals surface area contributed by atoms with Gasteiger partial charge in [-0.15, -0.1) is 13.2 Å². The van der Waals surface area contributed by atoms with E-state index in [9.17, 15) is 46.7 Å². The van der Waals surface area contributed by atoms with Gasteiger partial charge in [0.25, 0.3) is 23.6 Å². The highest BCUT2D eigenvalue weighted by molar-refractivity contribution is 6.24. The first kappa shape index (κ1) is 43.9. The third-order valence-electron chi connectivity index (χ3n) is 10.3. The molecule has 1 saturated carbocycles.